The second-order valence-electron chi connectivity index (χ2n) is 5.56. The van der Waals surface area contributed by atoms with Crippen LogP contribution < -0.4 is 5.56 Å². The Morgan fingerprint density at radius 1 is 1.17 bits per heavy atom. The molecule has 24 heavy (non-hydrogen) atoms. The number of aryl methyl sites for hydroxylation is 2. The Morgan fingerprint density at radius 2 is 1.92 bits per heavy atom. The van der Waals surface area contributed by atoms with Crippen LogP contribution in [0.25, 0.3) is 28.2 Å². The highest BCUT2D eigenvalue weighted by Crippen LogP contribution is 2.28. The molecule has 1 aromatic carbocycles. The fourth-order valence-electron chi connectivity index (χ4n) is 2.75. The molecule has 0 unspecified atom stereocenters. The molecule has 0 aliphatic carbocycles. The summed E-state index contributed by atoms with van der Waals surface area (Å²) in [5.41, 5.74) is 3.02. The van der Waals surface area contributed by atoms with Crippen LogP contribution in [0.5, 0.6) is 0 Å². The summed E-state index contributed by atoms with van der Waals surface area (Å²) in [7, 11) is 0. The lowest BCUT2D eigenvalue weighted by Crippen LogP contribution is -2.01. The lowest BCUT2D eigenvalue weighted by molar-refractivity contribution is 1.02. The minimum absolute atomic E-state index is 0.00839. The zero-order chi connectivity index (χ0) is 16.8. The number of imidazole rings is 1. The largest absolute Gasteiger partial charge is 0.305 e. The highest BCUT2D eigenvalue weighted by Gasteiger charge is 2.22. The van der Waals surface area contributed by atoms with E-state index in [4.69, 9.17) is 0 Å². The summed E-state index contributed by atoms with van der Waals surface area (Å²) in [5.74, 6) is 0.806. The van der Waals surface area contributed by atoms with Crippen molar-refractivity contribution >= 4 is 11.2 Å². The van der Waals surface area contributed by atoms with Crippen molar-refractivity contribution in [3.05, 3.63) is 57.9 Å². The number of nitriles is 1. The molecule has 2 aliphatic heterocycles. The quantitative estimate of drug-likeness (QED) is 0.579. The van der Waals surface area contributed by atoms with E-state index < -0.39 is 5.56 Å². The maximum Gasteiger partial charge on any atom is 0.268 e. The zero-order valence-electron chi connectivity index (χ0n) is 13.0. The molecule has 0 bridgehead atoms. The molecule has 0 radical (unpaired) electrons. The second kappa shape index (κ2) is 4.99. The number of fused-ring (bicyclic) bond motifs is 3. The van der Waals surface area contributed by atoms with E-state index in [1.54, 1.807) is 13.3 Å². The first-order chi connectivity index (χ1) is 11.6. The van der Waals surface area contributed by atoms with Gasteiger partial charge in [0.25, 0.3) is 5.56 Å². The molecule has 7 nitrogen and oxygen atoms in total. The fourth-order valence-corrected chi connectivity index (χ4v) is 2.75. The van der Waals surface area contributed by atoms with E-state index in [0.29, 0.717) is 28.4 Å². The molecule has 0 spiro atoms. The average Bonchev–Trinajstić information content (AvgIpc) is 3.05. The summed E-state index contributed by atoms with van der Waals surface area (Å²) in [6, 6.07) is 9.86. The van der Waals surface area contributed by atoms with Gasteiger partial charge in [0.2, 0.25) is 0 Å². The molecule has 0 amide bonds. The van der Waals surface area contributed by atoms with Gasteiger partial charge in [0.1, 0.15) is 35.1 Å². The number of hydrogen-bond acceptors (Lipinski definition) is 5. The molecule has 2 aromatic rings. The minimum Gasteiger partial charge on any atom is -0.305 e. The highest BCUT2D eigenvalue weighted by atomic mass is 16.1. The molecule has 3 heterocycles. The van der Waals surface area contributed by atoms with Crippen molar-refractivity contribution in [1.82, 2.24) is 24.5 Å². The van der Waals surface area contributed by atoms with Gasteiger partial charge in [-0.25, -0.2) is 15.0 Å². The van der Waals surface area contributed by atoms with Gasteiger partial charge in [0, 0.05) is 5.69 Å². The van der Waals surface area contributed by atoms with Crippen LogP contribution in [0.2, 0.25) is 0 Å². The highest BCUT2D eigenvalue weighted by molar-refractivity contribution is 5.91. The van der Waals surface area contributed by atoms with Crippen molar-refractivity contribution in [1.29, 1.82) is 5.26 Å². The van der Waals surface area contributed by atoms with Crippen LogP contribution in [0, 0.1) is 25.2 Å². The van der Waals surface area contributed by atoms with E-state index in [9.17, 15) is 10.1 Å². The van der Waals surface area contributed by atoms with Gasteiger partial charge in [0.15, 0.2) is 5.65 Å². The van der Waals surface area contributed by atoms with Crippen LogP contribution in [-0.4, -0.2) is 24.5 Å². The third-order valence-electron chi connectivity index (χ3n) is 3.89. The van der Waals surface area contributed by atoms with Gasteiger partial charge < -0.3 is 4.98 Å². The molecule has 0 atom stereocenters. The Kier molecular flexibility index (Phi) is 2.93. The first-order valence-corrected chi connectivity index (χ1v) is 7.33. The van der Waals surface area contributed by atoms with Gasteiger partial charge in [-0.3, -0.25) is 9.36 Å². The molecule has 4 rings (SSSR count). The van der Waals surface area contributed by atoms with Gasteiger partial charge >= 0.3 is 0 Å². The van der Waals surface area contributed by atoms with Crippen LogP contribution >= 0.6 is 0 Å². The monoisotopic (exact) mass is 316 g/mol. The Bertz CT molecular complexity index is 1150. The number of benzene rings is 1. The zero-order valence-corrected chi connectivity index (χ0v) is 13.0. The Morgan fingerprint density at radius 3 is 2.62 bits per heavy atom. The smallest absolute Gasteiger partial charge is 0.268 e. The number of aromatic nitrogens is 5. The van der Waals surface area contributed by atoms with Crippen molar-refractivity contribution in [2.45, 2.75) is 13.8 Å². The maximum absolute atomic E-state index is 12.0. The Hall–Kier alpha value is -3.53. The molecule has 0 fully saturated rings. The second-order valence-corrected chi connectivity index (χ2v) is 5.56. The maximum atomic E-state index is 12.0. The molecule has 1 N–H and O–H groups in total. The number of hydrogen-bond donors (Lipinski definition) is 1. The summed E-state index contributed by atoms with van der Waals surface area (Å²) in [6.45, 7) is 3.75. The molecule has 116 valence electrons. The molecule has 1 aromatic heterocycles. The summed E-state index contributed by atoms with van der Waals surface area (Å²) in [6.07, 6.45) is 1.64. The lowest BCUT2D eigenvalue weighted by Gasteiger charge is -2.03. The minimum atomic E-state index is -0.461. The average molecular weight is 316 g/mol. The SMILES string of the molecule is Cc1ccc(-n2cnc3c4c(C#N)c(=O)[nH]c-4nc(C)nc32)cc1. The Balaban J connectivity index is 2.13. The summed E-state index contributed by atoms with van der Waals surface area (Å²) in [4.78, 5) is 27.8. The van der Waals surface area contributed by atoms with Gasteiger partial charge in [-0.2, -0.15) is 5.26 Å². The molecular formula is C17H12N6O. The predicted octanol–water partition coefficient (Wildman–Crippen LogP) is 2.10. The van der Waals surface area contributed by atoms with Gasteiger partial charge in [-0.1, -0.05) is 17.7 Å². The molecule has 7 heteroatoms. The van der Waals surface area contributed by atoms with Crippen molar-refractivity contribution in [3.8, 4) is 23.1 Å². The standard InChI is InChI=1S/C17H12N6O/c1-9-3-5-11(6-4-9)23-8-19-14-13-12(7-18)17(24)22-15(13)20-10(2)21-16(14)23/h3-6,8H,1-2H3,(H,20,21,22,24). The molecule has 0 saturated heterocycles. The normalized spacial score (nSPS) is 11.0. The van der Waals surface area contributed by atoms with Crippen LogP contribution in [0.1, 0.15) is 17.0 Å². The third kappa shape index (κ3) is 1.97. The number of aromatic amines is 1. The lowest BCUT2D eigenvalue weighted by atomic mass is 10.1. The van der Waals surface area contributed by atoms with E-state index >= 15 is 0 Å². The first kappa shape index (κ1) is 14.1. The Labute approximate surface area is 136 Å². The van der Waals surface area contributed by atoms with Crippen molar-refractivity contribution in [2.75, 3.05) is 0 Å². The number of H-pyrrole nitrogens is 1. The van der Waals surface area contributed by atoms with Crippen molar-refractivity contribution in [2.24, 2.45) is 0 Å². The van der Waals surface area contributed by atoms with E-state index in [1.165, 1.54) is 0 Å². The topological polar surface area (TPSA) is 100 Å². The predicted molar refractivity (Wildman–Crippen MR) is 88.1 cm³/mol. The van der Waals surface area contributed by atoms with Crippen molar-refractivity contribution in [3.63, 3.8) is 0 Å². The fraction of sp³-hybridized carbons (Fsp3) is 0.118. The number of rotatable bonds is 1. The number of nitrogens with zero attached hydrogens (tertiary/aromatic N) is 5. The van der Waals surface area contributed by atoms with Crippen LogP contribution in [0.15, 0.2) is 35.4 Å². The van der Waals surface area contributed by atoms with Gasteiger partial charge in [-0.05, 0) is 26.0 Å². The first-order valence-electron chi connectivity index (χ1n) is 7.33. The van der Waals surface area contributed by atoms with Crippen LogP contribution in [0.4, 0.5) is 0 Å². The molecule has 2 aliphatic rings. The summed E-state index contributed by atoms with van der Waals surface area (Å²) < 4.78 is 1.82. The molecule has 0 saturated carbocycles. The van der Waals surface area contributed by atoms with E-state index in [0.717, 1.165) is 11.3 Å². The van der Waals surface area contributed by atoms with Crippen molar-refractivity contribution < 1.29 is 0 Å². The molecular weight excluding hydrogens is 304 g/mol. The summed E-state index contributed by atoms with van der Waals surface area (Å²) in [5, 5.41) is 9.32. The number of nitrogens with one attached hydrogen (secondary N) is 1. The van der Waals surface area contributed by atoms with Crippen LogP contribution in [0.3, 0.4) is 0 Å². The summed E-state index contributed by atoms with van der Waals surface area (Å²) >= 11 is 0. The van der Waals surface area contributed by atoms with E-state index in [-0.39, 0.29) is 5.56 Å². The van der Waals surface area contributed by atoms with Gasteiger partial charge in [-0.15, -0.1) is 0 Å². The third-order valence-corrected chi connectivity index (χ3v) is 3.89. The van der Waals surface area contributed by atoms with Gasteiger partial charge in [0.05, 0.1) is 5.56 Å². The van der Waals surface area contributed by atoms with E-state index in [1.807, 2.05) is 41.8 Å². The van der Waals surface area contributed by atoms with E-state index in [2.05, 4.69) is 19.9 Å². The van der Waals surface area contributed by atoms with Crippen LogP contribution in [-0.2, 0) is 0 Å².